The topological polar surface area (TPSA) is 88.2 Å². The standard InChI is InChI=1S/C31H34FN8O2Si/c1-4-25(32)28(41)39-14-13-31(43,24-7-5-6-8-26(24)39)40-20-21-19-33-29(35-27(21)37(3)30(40)42)34-22-9-11-23(12-10-22)38-17-15-36(2)16-18-38/h4-12,19H,13-18,20H2,1-3H3,(H,33,34,35)/b25-4-/t31-/m0/s1. The molecule has 3 aromatic rings. The number of hydrogen-bond donors (Lipinski definition) is 1. The molecule has 0 bridgehead atoms. The molecule has 3 aliphatic heterocycles. The summed E-state index contributed by atoms with van der Waals surface area (Å²) < 4.78 is 14.3. The van der Waals surface area contributed by atoms with Gasteiger partial charge in [0.2, 0.25) is 5.95 Å². The first-order valence-corrected chi connectivity index (χ1v) is 14.9. The van der Waals surface area contributed by atoms with Crippen molar-refractivity contribution in [3.8, 4) is 0 Å². The fraction of sp³-hybridized carbons (Fsp3) is 0.355. The minimum absolute atomic E-state index is 0.230. The lowest BCUT2D eigenvalue weighted by atomic mass is 9.92. The molecular weight excluding hydrogens is 563 g/mol. The van der Waals surface area contributed by atoms with Crippen LogP contribution in [-0.2, 0) is 16.5 Å². The third-order valence-electron chi connectivity index (χ3n) is 8.50. The van der Waals surface area contributed by atoms with E-state index >= 15 is 0 Å². The van der Waals surface area contributed by atoms with Gasteiger partial charge in [-0.3, -0.25) is 9.69 Å². The van der Waals surface area contributed by atoms with Crippen molar-refractivity contribution in [3.05, 3.63) is 77.8 Å². The van der Waals surface area contributed by atoms with Gasteiger partial charge in [0.1, 0.15) is 5.82 Å². The molecule has 0 saturated carbocycles. The summed E-state index contributed by atoms with van der Waals surface area (Å²) in [6.07, 6.45) is 3.26. The van der Waals surface area contributed by atoms with Crippen molar-refractivity contribution in [2.75, 3.05) is 66.8 Å². The van der Waals surface area contributed by atoms with Crippen LogP contribution >= 0.6 is 0 Å². The quantitative estimate of drug-likeness (QED) is 0.352. The van der Waals surface area contributed by atoms with Crippen LogP contribution in [0.1, 0.15) is 24.5 Å². The smallest absolute Gasteiger partial charge is 0.326 e. The second-order valence-corrected chi connectivity index (χ2v) is 12.0. The lowest BCUT2D eigenvalue weighted by Gasteiger charge is -2.50. The van der Waals surface area contributed by atoms with Gasteiger partial charge in [0.05, 0.1) is 21.9 Å². The normalized spacial score (nSPS) is 21.0. The van der Waals surface area contributed by atoms with Crippen LogP contribution in [0.2, 0.25) is 0 Å². The second kappa shape index (κ2) is 11.4. The van der Waals surface area contributed by atoms with Gasteiger partial charge in [-0.05, 0) is 62.4 Å². The maximum Gasteiger partial charge on any atom is 0.326 e. The zero-order valence-electron chi connectivity index (χ0n) is 24.5. The Kier molecular flexibility index (Phi) is 7.65. The van der Waals surface area contributed by atoms with E-state index in [1.165, 1.54) is 22.4 Å². The Labute approximate surface area is 254 Å². The first-order chi connectivity index (χ1) is 20.7. The highest BCUT2D eigenvalue weighted by Crippen LogP contribution is 2.44. The predicted octanol–water partition coefficient (Wildman–Crippen LogP) is 3.98. The Morgan fingerprint density at radius 1 is 1.05 bits per heavy atom. The van der Waals surface area contributed by atoms with Crippen LogP contribution < -0.4 is 20.0 Å². The highest BCUT2D eigenvalue weighted by atomic mass is 28.1. The molecule has 3 amide bonds. The molecule has 1 saturated heterocycles. The number of benzene rings is 2. The molecule has 1 atom stereocenters. The van der Waals surface area contributed by atoms with E-state index in [-0.39, 0.29) is 19.1 Å². The predicted molar refractivity (Wildman–Crippen MR) is 167 cm³/mol. The molecule has 2 aromatic carbocycles. The molecule has 1 aromatic heterocycles. The van der Waals surface area contributed by atoms with Crippen molar-refractivity contribution in [2.45, 2.75) is 25.1 Å². The minimum atomic E-state index is -0.925. The van der Waals surface area contributed by atoms with Crippen LogP contribution in [0.3, 0.4) is 0 Å². The van der Waals surface area contributed by atoms with Gasteiger partial charge in [0.15, 0.2) is 5.83 Å². The number of aromatic nitrogens is 2. The molecule has 3 radical (unpaired) electrons. The molecule has 4 heterocycles. The molecular formula is C31H34FN8O2Si. The van der Waals surface area contributed by atoms with Crippen LogP contribution in [0, 0.1) is 0 Å². The largest absolute Gasteiger partial charge is 0.369 e. The molecule has 0 aliphatic carbocycles. The van der Waals surface area contributed by atoms with Gasteiger partial charge in [0.25, 0.3) is 5.91 Å². The number of urea groups is 1. The van der Waals surface area contributed by atoms with Gasteiger partial charge in [-0.2, -0.15) is 4.98 Å². The molecule has 0 unspecified atom stereocenters. The van der Waals surface area contributed by atoms with Crippen LogP contribution in [0.15, 0.2) is 66.6 Å². The summed E-state index contributed by atoms with van der Waals surface area (Å²) >= 11 is 0. The Bertz CT molecular complexity index is 1580. The van der Waals surface area contributed by atoms with E-state index in [0.717, 1.165) is 43.5 Å². The highest BCUT2D eigenvalue weighted by Gasteiger charge is 2.46. The molecule has 6 rings (SSSR count). The van der Waals surface area contributed by atoms with Gasteiger partial charge >= 0.3 is 6.03 Å². The number of allylic oxidation sites excluding steroid dienone is 1. The van der Waals surface area contributed by atoms with E-state index in [4.69, 9.17) is 4.98 Å². The Balaban J connectivity index is 1.22. The van der Waals surface area contributed by atoms with Crippen molar-refractivity contribution < 1.29 is 14.0 Å². The number of amides is 3. The monoisotopic (exact) mass is 597 g/mol. The van der Waals surface area contributed by atoms with Crippen LogP contribution in [0.4, 0.5) is 38.0 Å². The van der Waals surface area contributed by atoms with Gasteiger partial charge < -0.3 is 24.9 Å². The number of hydrogen-bond acceptors (Lipinski definition) is 7. The number of para-hydroxylation sites is 1. The average molecular weight is 598 g/mol. The fourth-order valence-electron chi connectivity index (χ4n) is 5.95. The summed E-state index contributed by atoms with van der Waals surface area (Å²) in [6.45, 7) is 6.07. The summed E-state index contributed by atoms with van der Waals surface area (Å²) in [5.74, 6) is -0.584. The van der Waals surface area contributed by atoms with Crippen LogP contribution in [0.5, 0.6) is 0 Å². The van der Waals surface area contributed by atoms with E-state index in [0.29, 0.717) is 29.4 Å². The Hall–Kier alpha value is -4.29. The molecule has 221 valence electrons. The number of nitrogens with zero attached hydrogens (tertiary/aromatic N) is 7. The zero-order valence-corrected chi connectivity index (χ0v) is 25.5. The molecule has 10 nitrogen and oxygen atoms in total. The van der Waals surface area contributed by atoms with E-state index < -0.39 is 16.9 Å². The molecule has 1 N–H and O–H groups in total. The number of carbonyl (C=O) groups excluding carboxylic acids is 2. The first kappa shape index (κ1) is 28.8. The fourth-order valence-corrected chi connectivity index (χ4v) is 6.45. The molecule has 0 spiro atoms. The van der Waals surface area contributed by atoms with E-state index in [2.05, 4.69) is 49.5 Å². The summed E-state index contributed by atoms with van der Waals surface area (Å²) in [6, 6.07) is 15.2. The molecule has 43 heavy (non-hydrogen) atoms. The Morgan fingerprint density at radius 3 is 2.49 bits per heavy atom. The van der Waals surface area contributed by atoms with Crippen molar-refractivity contribution in [1.82, 2.24) is 19.8 Å². The molecule has 3 aliphatic rings. The van der Waals surface area contributed by atoms with Crippen LogP contribution in [-0.4, -0.2) is 88.8 Å². The Morgan fingerprint density at radius 2 is 1.77 bits per heavy atom. The maximum atomic E-state index is 14.3. The number of nitrogens with one attached hydrogen (secondary N) is 1. The summed E-state index contributed by atoms with van der Waals surface area (Å²) in [4.78, 5) is 45.2. The number of likely N-dealkylation sites (N-methyl/N-ethyl adjacent to an activating group) is 1. The highest BCUT2D eigenvalue weighted by molar-refractivity contribution is 6.19. The molecule has 1 fully saturated rings. The van der Waals surface area contributed by atoms with Crippen molar-refractivity contribution >= 4 is 51.0 Å². The summed E-state index contributed by atoms with van der Waals surface area (Å²) in [7, 11) is 7.78. The second-order valence-electron chi connectivity index (χ2n) is 11.2. The summed E-state index contributed by atoms with van der Waals surface area (Å²) in [5.41, 5.74) is 4.09. The van der Waals surface area contributed by atoms with E-state index in [1.807, 2.05) is 24.3 Å². The van der Waals surface area contributed by atoms with Crippen LogP contribution in [0.25, 0.3) is 0 Å². The lowest BCUT2D eigenvalue weighted by Crippen LogP contribution is -2.59. The summed E-state index contributed by atoms with van der Waals surface area (Å²) in [5, 5.41) is 2.34. The minimum Gasteiger partial charge on any atom is -0.369 e. The van der Waals surface area contributed by atoms with Gasteiger partial charge in [0, 0.05) is 68.6 Å². The number of halogens is 1. The molecule has 12 heteroatoms. The third kappa shape index (κ3) is 5.25. The number of anilines is 5. The number of fused-ring (bicyclic) bond motifs is 2. The van der Waals surface area contributed by atoms with E-state index in [9.17, 15) is 14.0 Å². The van der Waals surface area contributed by atoms with Gasteiger partial charge in [-0.15, -0.1) is 0 Å². The van der Waals surface area contributed by atoms with Gasteiger partial charge in [-0.1, -0.05) is 18.2 Å². The first-order valence-electron chi connectivity index (χ1n) is 14.4. The third-order valence-corrected chi connectivity index (χ3v) is 9.29. The number of rotatable bonds is 5. The SMILES string of the molecule is C/C=C(\F)C(=O)N1CC[C@@]([Si])(N2Cc3cnc(Nc4ccc(N5CCN(C)CC5)cc4)nc3N(C)C2=O)c2ccccc21. The number of carbonyl (C=O) groups is 2. The average Bonchev–Trinajstić information content (AvgIpc) is 3.03. The van der Waals surface area contributed by atoms with Crippen molar-refractivity contribution in [3.63, 3.8) is 0 Å². The van der Waals surface area contributed by atoms with Crippen molar-refractivity contribution in [1.29, 1.82) is 0 Å². The van der Waals surface area contributed by atoms with Crippen molar-refractivity contribution in [2.24, 2.45) is 0 Å². The zero-order chi connectivity index (χ0) is 30.3. The van der Waals surface area contributed by atoms with E-state index in [1.54, 1.807) is 30.3 Å². The maximum absolute atomic E-state index is 14.3. The lowest BCUT2D eigenvalue weighted by molar-refractivity contribution is -0.116. The van der Waals surface area contributed by atoms with Gasteiger partial charge in [-0.25, -0.2) is 14.2 Å². The number of piperazine rings is 1.